The zero-order valence-corrected chi connectivity index (χ0v) is 11.7. The number of aromatic nitrogens is 2. The maximum atomic E-state index is 5.44. The molecule has 0 bridgehead atoms. The van der Waals surface area contributed by atoms with E-state index in [1.165, 1.54) is 12.8 Å². The Labute approximate surface area is 112 Å². The monoisotopic (exact) mass is 310 g/mol. The lowest BCUT2D eigenvalue weighted by Crippen LogP contribution is -1.97. The van der Waals surface area contributed by atoms with E-state index in [4.69, 9.17) is 16.6 Å². The van der Waals surface area contributed by atoms with Crippen molar-refractivity contribution < 1.29 is 4.42 Å². The van der Waals surface area contributed by atoms with E-state index in [0.717, 1.165) is 27.3 Å². The first kappa shape index (κ1) is 11.2. The van der Waals surface area contributed by atoms with Crippen LogP contribution in [0.15, 0.2) is 21.2 Å². The van der Waals surface area contributed by atoms with Gasteiger partial charge in [0.05, 0.1) is 10.7 Å². The second kappa shape index (κ2) is 4.07. The fourth-order valence-corrected chi connectivity index (χ4v) is 2.57. The predicted molar refractivity (Wildman–Crippen MR) is 71.5 cm³/mol. The van der Waals surface area contributed by atoms with Crippen LogP contribution in [-0.4, -0.2) is 9.97 Å². The summed E-state index contributed by atoms with van der Waals surface area (Å²) in [6.07, 6.45) is 4.09. The van der Waals surface area contributed by atoms with Gasteiger partial charge in [-0.25, -0.2) is 4.98 Å². The minimum absolute atomic E-state index is 0.586. The number of aromatic amines is 1. The number of halogens is 1. The molecular formula is C12H11BrN2OS. The molecule has 0 aromatic carbocycles. The van der Waals surface area contributed by atoms with E-state index >= 15 is 0 Å². The first-order chi connectivity index (χ1) is 8.16. The third-order valence-corrected chi connectivity index (χ3v) is 4.31. The quantitative estimate of drug-likeness (QED) is 0.839. The van der Waals surface area contributed by atoms with E-state index in [1.54, 1.807) is 6.26 Å². The van der Waals surface area contributed by atoms with Gasteiger partial charge in [0.15, 0.2) is 11.6 Å². The first-order valence-corrected chi connectivity index (χ1v) is 6.71. The van der Waals surface area contributed by atoms with E-state index in [1.807, 2.05) is 13.0 Å². The average Bonchev–Trinajstić information content (AvgIpc) is 3.05. The minimum atomic E-state index is 0.586. The number of furan rings is 1. The SMILES string of the molecule is Cc1ccoc1-c1nc(=S)c(Br)c(C2CC2)[nH]1. The molecule has 2 aromatic rings. The highest BCUT2D eigenvalue weighted by molar-refractivity contribution is 9.10. The third-order valence-electron chi connectivity index (χ3n) is 2.95. The summed E-state index contributed by atoms with van der Waals surface area (Å²) in [6, 6.07) is 1.92. The summed E-state index contributed by atoms with van der Waals surface area (Å²) < 4.78 is 6.96. The Hall–Kier alpha value is -0.940. The van der Waals surface area contributed by atoms with E-state index in [0.29, 0.717) is 10.6 Å². The average molecular weight is 311 g/mol. The molecule has 0 radical (unpaired) electrons. The van der Waals surface area contributed by atoms with Gasteiger partial charge in [-0.3, -0.25) is 0 Å². The molecule has 3 rings (SSSR count). The topological polar surface area (TPSA) is 41.8 Å². The molecule has 0 atom stereocenters. The third kappa shape index (κ3) is 1.98. The van der Waals surface area contributed by atoms with Crippen LogP contribution in [0.3, 0.4) is 0 Å². The molecular weight excluding hydrogens is 300 g/mol. The molecule has 0 aliphatic heterocycles. The van der Waals surface area contributed by atoms with Crippen molar-refractivity contribution in [3.8, 4) is 11.6 Å². The molecule has 0 unspecified atom stereocenters. The summed E-state index contributed by atoms with van der Waals surface area (Å²) in [5.74, 6) is 2.08. The Morgan fingerprint density at radius 3 is 2.88 bits per heavy atom. The van der Waals surface area contributed by atoms with Gasteiger partial charge in [0.1, 0.15) is 4.64 Å². The van der Waals surface area contributed by atoms with Crippen molar-refractivity contribution in [1.29, 1.82) is 0 Å². The number of nitrogens with one attached hydrogen (secondary N) is 1. The predicted octanol–water partition coefficient (Wildman–Crippen LogP) is 4.35. The van der Waals surface area contributed by atoms with Crippen LogP contribution in [-0.2, 0) is 0 Å². The molecule has 2 aromatic heterocycles. The molecule has 1 fully saturated rings. The molecule has 3 nitrogen and oxygen atoms in total. The number of nitrogens with zero attached hydrogens (tertiary/aromatic N) is 1. The fourth-order valence-electron chi connectivity index (χ4n) is 1.85. The van der Waals surface area contributed by atoms with Gasteiger partial charge in [0.25, 0.3) is 0 Å². The van der Waals surface area contributed by atoms with Gasteiger partial charge >= 0.3 is 0 Å². The Morgan fingerprint density at radius 2 is 2.29 bits per heavy atom. The second-order valence-electron chi connectivity index (χ2n) is 4.33. The second-order valence-corrected chi connectivity index (χ2v) is 5.50. The molecule has 0 spiro atoms. The lowest BCUT2D eigenvalue weighted by molar-refractivity contribution is 0.575. The Balaban J connectivity index is 2.18. The van der Waals surface area contributed by atoms with Crippen LogP contribution < -0.4 is 0 Å². The summed E-state index contributed by atoms with van der Waals surface area (Å²) in [5.41, 5.74) is 2.21. The van der Waals surface area contributed by atoms with Crippen LogP contribution in [0.25, 0.3) is 11.6 Å². The number of H-pyrrole nitrogens is 1. The smallest absolute Gasteiger partial charge is 0.175 e. The number of aryl methyl sites for hydroxylation is 1. The number of hydrogen-bond acceptors (Lipinski definition) is 3. The van der Waals surface area contributed by atoms with Gasteiger partial charge in [-0.2, -0.15) is 0 Å². The van der Waals surface area contributed by atoms with Gasteiger partial charge in [0.2, 0.25) is 0 Å². The van der Waals surface area contributed by atoms with Gasteiger partial charge < -0.3 is 9.40 Å². The lowest BCUT2D eigenvalue weighted by Gasteiger charge is -2.06. The molecule has 88 valence electrons. The Morgan fingerprint density at radius 1 is 1.53 bits per heavy atom. The molecule has 0 amide bonds. The van der Waals surface area contributed by atoms with Crippen molar-refractivity contribution in [3.63, 3.8) is 0 Å². The van der Waals surface area contributed by atoms with E-state index in [2.05, 4.69) is 25.9 Å². The van der Waals surface area contributed by atoms with Crippen LogP contribution in [0.5, 0.6) is 0 Å². The van der Waals surface area contributed by atoms with Crippen molar-refractivity contribution in [3.05, 3.63) is 32.7 Å². The maximum Gasteiger partial charge on any atom is 0.175 e. The van der Waals surface area contributed by atoms with Crippen molar-refractivity contribution in [2.45, 2.75) is 25.7 Å². The Kier molecular flexibility index (Phi) is 2.67. The summed E-state index contributed by atoms with van der Waals surface area (Å²) in [6.45, 7) is 2.00. The zero-order chi connectivity index (χ0) is 12.0. The first-order valence-electron chi connectivity index (χ1n) is 5.51. The number of rotatable bonds is 2. The van der Waals surface area contributed by atoms with Crippen LogP contribution in [0.4, 0.5) is 0 Å². The summed E-state index contributed by atoms with van der Waals surface area (Å²) in [7, 11) is 0. The minimum Gasteiger partial charge on any atom is -0.461 e. The van der Waals surface area contributed by atoms with Crippen molar-refractivity contribution >= 4 is 28.1 Å². The summed E-state index contributed by atoms with van der Waals surface area (Å²) in [4.78, 5) is 7.71. The van der Waals surface area contributed by atoms with Crippen LogP contribution in [0, 0.1) is 11.6 Å². The molecule has 5 heteroatoms. The summed E-state index contributed by atoms with van der Waals surface area (Å²) in [5, 5.41) is 0. The largest absolute Gasteiger partial charge is 0.461 e. The van der Waals surface area contributed by atoms with Gasteiger partial charge in [-0.1, -0.05) is 12.2 Å². The van der Waals surface area contributed by atoms with E-state index < -0.39 is 0 Å². The van der Waals surface area contributed by atoms with Crippen LogP contribution >= 0.6 is 28.1 Å². The highest BCUT2D eigenvalue weighted by atomic mass is 79.9. The molecule has 1 saturated carbocycles. The van der Waals surface area contributed by atoms with Gasteiger partial charge in [-0.15, -0.1) is 0 Å². The fraction of sp³-hybridized carbons (Fsp3) is 0.333. The molecule has 1 aliphatic carbocycles. The molecule has 17 heavy (non-hydrogen) atoms. The zero-order valence-electron chi connectivity index (χ0n) is 9.29. The lowest BCUT2D eigenvalue weighted by atomic mass is 10.2. The summed E-state index contributed by atoms with van der Waals surface area (Å²) >= 11 is 8.78. The van der Waals surface area contributed by atoms with Crippen LogP contribution in [0.1, 0.15) is 30.0 Å². The highest BCUT2D eigenvalue weighted by Crippen LogP contribution is 2.42. The maximum absolute atomic E-state index is 5.44. The van der Waals surface area contributed by atoms with Crippen molar-refractivity contribution in [2.75, 3.05) is 0 Å². The molecule has 0 saturated heterocycles. The molecule has 1 aliphatic rings. The Bertz CT molecular complexity index is 628. The van der Waals surface area contributed by atoms with Crippen molar-refractivity contribution in [1.82, 2.24) is 9.97 Å². The van der Waals surface area contributed by atoms with Crippen molar-refractivity contribution in [2.24, 2.45) is 0 Å². The molecule has 2 heterocycles. The van der Waals surface area contributed by atoms with Gasteiger partial charge in [0, 0.05) is 11.6 Å². The van der Waals surface area contributed by atoms with E-state index in [-0.39, 0.29) is 0 Å². The molecule has 1 N–H and O–H groups in total. The number of hydrogen-bond donors (Lipinski definition) is 1. The van der Waals surface area contributed by atoms with E-state index in [9.17, 15) is 0 Å². The normalized spacial score (nSPS) is 15.2. The van der Waals surface area contributed by atoms with Gasteiger partial charge in [-0.05, 0) is 47.3 Å². The van der Waals surface area contributed by atoms with Crippen LogP contribution in [0.2, 0.25) is 0 Å². The highest BCUT2D eigenvalue weighted by Gasteiger charge is 2.28. The standard InChI is InChI=1S/C12H11BrN2OS/c1-6-4-5-16-10(6)11-14-9(7-2-3-7)8(13)12(17)15-11/h4-5,7H,2-3H2,1H3,(H,14,15,17).